The first kappa shape index (κ1) is 26.6. The van der Waals surface area contributed by atoms with E-state index in [9.17, 15) is 9.59 Å². The molecule has 6 rings (SSSR count). The average molecular weight is 570 g/mol. The third-order valence-corrected chi connectivity index (χ3v) is 10.9. The normalized spacial score (nSPS) is 22.8. The monoisotopic (exact) mass is 569 g/mol. The van der Waals surface area contributed by atoms with Gasteiger partial charge in [0.2, 0.25) is 14.9 Å². The highest BCUT2D eigenvalue weighted by molar-refractivity contribution is 7.95. The minimum atomic E-state index is -1.95. The molecule has 5 nitrogen and oxygen atoms in total. The molecule has 0 radical (unpaired) electrons. The molecule has 7 heteroatoms. The van der Waals surface area contributed by atoms with Crippen LogP contribution in [-0.2, 0) is 36.9 Å². The molecular formula is C33H28ClNO4S. The fourth-order valence-electron chi connectivity index (χ4n) is 6.03. The molecule has 2 heterocycles. The second-order valence-corrected chi connectivity index (χ2v) is 13.0. The molecule has 202 valence electrons. The maximum atomic E-state index is 15.4. The fraction of sp³-hybridized carbons (Fsp3) is 0.212. The number of fused-ring (bicyclic) bond motifs is 1. The van der Waals surface area contributed by atoms with Crippen molar-refractivity contribution >= 4 is 34.7 Å². The zero-order valence-electron chi connectivity index (χ0n) is 21.7. The highest BCUT2D eigenvalue weighted by atomic mass is 35.5. The summed E-state index contributed by atoms with van der Waals surface area (Å²) < 4.78 is 18.3. The first-order chi connectivity index (χ1) is 19.5. The number of alkyl halides is 1. The van der Waals surface area contributed by atoms with E-state index in [1.807, 2.05) is 121 Å². The van der Waals surface area contributed by atoms with E-state index >= 15 is 4.55 Å². The van der Waals surface area contributed by atoms with E-state index in [-0.39, 0.29) is 31.4 Å². The Morgan fingerprint density at radius 2 is 1.30 bits per heavy atom. The van der Waals surface area contributed by atoms with Crippen LogP contribution in [0.1, 0.15) is 35.1 Å². The first-order valence-corrected chi connectivity index (χ1v) is 14.8. The summed E-state index contributed by atoms with van der Waals surface area (Å²) in [7, 11) is 0. The topological polar surface area (TPSA) is 69.7 Å². The van der Waals surface area contributed by atoms with E-state index in [1.165, 1.54) is 4.90 Å². The van der Waals surface area contributed by atoms with Gasteiger partial charge in [-0.2, -0.15) is 0 Å². The summed E-state index contributed by atoms with van der Waals surface area (Å²) in [5, 5.41) is 0. The van der Waals surface area contributed by atoms with Crippen LogP contribution in [0.3, 0.4) is 0 Å². The maximum Gasteiger partial charge on any atom is 0.336 e. The Labute approximate surface area is 241 Å². The van der Waals surface area contributed by atoms with Gasteiger partial charge < -0.3 is 14.2 Å². The Bertz CT molecular complexity index is 1390. The van der Waals surface area contributed by atoms with Gasteiger partial charge in [0, 0.05) is 35.6 Å². The molecule has 2 aliphatic heterocycles. The van der Waals surface area contributed by atoms with Crippen molar-refractivity contribution in [2.45, 2.75) is 40.5 Å². The Morgan fingerprint density at radius 1 is 0.850 bits per heavy atom. The number of rotatable bonds is 8. The second kappa shape index (κ2) is 10.8. The van der Waals surface area contributed by atoms with Crippen molar-refractivity contribution in [2.75, 3.05) is 0 Å². The number of hydrogen-bond donors (Lipinski definition) is 0. The van der Waals surface area contributed by atoms with Crippen LogP contribution < -0.4 is 0 Å². The molecule has 0 bridgehead atoms. The number of ether oxygens (including phenoxy) is 1. The molecule has 4 atom stereocenters. The number of halogens is 1. The second-order valence-electron chi connectivity index (χ2n) is 10.2. The molecule has 2 fully saturated rings. The van der Waals surface area contributed by atoms with Gasteiger partial charge in [-0.1, -0.05) is 133 Å². The lowest BCUT2D eigenvalue weighted by molar-refractivity contribution is -0.161. The van der Waals surface area contributed by atoms with E-state index < -0.39 is 32.1 Å². The molecule has 40 heavy (non-hydrogen) atoms. The van der Waals surface area contributed by atoms with Crippen molar-refractivity contribution in [2.24, 2.45) is 0 Å². The van der Waals surface area contributed by atoms with Crippen molar-refractivity contribution in [3.8, 4) is 0 Å². The smallest absolute Gasteiger partial charge is 0.336 e. The average Bonchev–Trinajstić information content (AvgIpc) is 3.26. The first-order valence-electron chi connectivity index (χ1n) is 13.3. The highest BCUT2D eigenvalue weighted by Crippen LogP contribution is 2.57. The van der Waals surface area contributed by atoms with E-state index in [0.717, 1.165) is 22.3 Å². The van der Waals surface area contributed by atoms with Crippen molar-refractivity contribution in [3.63, 3.8) is 0 Å². The van der Waals surface area contributed by atoms with E-state index in [0.29, 0.717) is 0 Å². The molecule has 0 aromatic heterocycles. The van der Waals surface area contributed by atoms with Crippen LogP contribution in [0.25, 0.3) is 0 Å². The van der Waals surface area contributed by atoms with Crippen molar-refractivity contribution in [1.82, 2.24) is 4.90 Å². The minimum Gasteiger partial charge on any atom is -0.614 e. The summed E-state index contributed by atoms with van der Waals surface area (Å²) in [4.78, 5) is 28.1. The third kappa shape index (κ3) is 4.31. The number of hydrogen-bond acceptors (Lipinski definition) is 4. The van der Waals surface area contributed by atoms with Gasteiger partial charge in [-0.05, 0) is 16.7 Å². The molecule has 2 saturated heterocycles. The summed E-state index contributed by atoms with van der Waals surface area (Å²) in [6, 6.07) is 36.7. The summed E-state index contributed by atoms with van der Waals surface area (Å²) in [5.41, 5.74) is 3.15. The number of carbonyl (C=O) groups excluding carboxylic acids is 2. The number of β-lactam (4-membered cyclic amide) rings is 1. The van der Waals surface area contributed by atoms with Crippen LogP contribution in [0.15, 0.2) is 121 Å². The summed E-state index contributed by atoms with van der Waals surface area (Å²) in [6.45, 7) is 0.0314. The van der Waals surface area contributed by atoms with E-state index in [1.54, 1.807) is 0 Å². The largest absolute Gasteiger partial charge is 0.614 e. The third-order valence-electron chi connectivity index (χ3n) is 7.87. The van der Waals surface area contributed by atoms with Gasteiger partial charge in [0.1, 0.15) is 6.61 Å². The fourth-order valence-corrected chi connectivity index (χ4v) is 9.07. The Morgan fingerprint density at radius 3 is 1.75 bits per heavy atom. The van der Waals surface area contributed by atoms with Gasteiger partial charge >= 0.3 is 5.97 Å². The number of benzene rings is 4. The lowest BCUT2D eigenvalue weighted by atomic mass is 9.84. The molecule has 4 aromatic rings. The number of amides is 1. The van der Waals surface area contributed by atoms with Gasteiger partial charge in [0.25, 0.3) is 0 Å². The lowest BCUT2D eigenvalue weighted by Crippen LogP contribution is -2.61. The summed E-state index contributed by atoms with van der Waals surface area (Å²) in [5.74, 6) is -0.832. The SMILES string of the molecule is O=C(OCc1ccccc1)C1N2C(=O)CC2CC1(Cl)[S+]([O-])C(c1ccccc1)(c1ccccc1)c1ccccc1. The number of carbonyl (C=O) groups is 2. The molecular weight excluding hydrogens is 542 g/mol. The molecule has 4 unspecified atom stereocenters. The van der Waals surface area contributed by atoms with Crippen LogP contribution >= 0.6 is 11.6 Å². The van der Waals surface area contributed by atoms with Crippen LogP contribution in [0, 0.1) is 0 Å². The van der Waals surface area contributed by atoms with Crippen LogP contribution in [0.4, 0.5) is 0 Å². The zero-order valence-corrected chi connectivity index (χ0v) is 23.3. The van der Waals surface area contributed by atoms with Crippen molar-refractivity contribution < 1.29 is 18.9 Å². The van der Waals surface area contributed by atoms with Gasteiger partial charge in [0.15, 0.2) is 6.04 Å². The van der Waals surface area contributed by atoms with Gasteiger partial charge in [-0.15, -0.1) is 0 Å². The minimum absolute atomic E-state index is 0.0314. The molecule has 0 spiro atoms. The molecule has 0 N–H and O–H groups in total. The molecule has 0 aliphatic carbocycles. The van der Waals surface area contributed by atoms with Gasteiger partial charge in [0.05, 0.1) is 0 Å². The molecule has 2 aliphatic rings. The number of nitrogens with zero attached hydrogens (tertiary/aromatic N) is 1. The predicted octanol–water partition coefficient (Wildman–Crippen LogP) is 5.78. The summed E-state index contributed by atoms with van der Waals surface area (Å²) >= 11 is 5.54. The Hall–Kier alpha value is -3.58. The highest BCUT2D eigenvalue weighted by Gasteiger charge is 2.71. The lowest BCUT2D eigenvalue weighted by Gasteiger charge is -2.44. The molecule has 4 aromatic carbocycles. The number of esters is 1. The molecule has 0 saturated carbocycles. The van der Waals surface area contributed by atoms with Crippen LogP contribution in [0.2, 0.25) is 0 Å². The Kier molecular flexibility index (Phi) is 7.17. The van der Waals surface area contributed by atoms with E-state index in [2.05, 4.69) is 0 Å². The van der Waals surface area contributed by atoms with Crippen molar-refractivity contribution in [3.05, 3.63) is 144 Å². The van der Waals surface area contributed by atoms with Crippen molar-refractivity contribution in [1.29, 1.82) is 0 Å². The van der Waals surface area contributed by atoms with Gasteiger partial charge in [-0.3, -0.25) is 4.79 Å². The zero-order chi connectivity index (χ0) is 27.7. The van der Waals surface area contributed by atoms with Crippen LogP contribution in [-0.4, -0.2) is 37.6 Å². The standard InChI is InChI=1S/C33H28ClNO4S/c34-32(22-28-21-29(36)35(28)30(32)31(37)39-23-24-13-5-1-6-14-24)40(38)33(25-15-7-2-8-16-25,26-17-9-3-10-18-26)27-19-11-4-12-20-27/h1-20,28,30H,21-23H2. The van der Waals surface area contributed by atoms with E-state index in [4.69, 9.17) is 16.3 Å². The predicted molar refractivity (Wildman–Crippen MR) is 156 cm³/mol. The molecule has 1 amide bonds. The summed E-state index contributed by atoms with van der Waals surface area (Å²) in [6.07, 6.45) is 0.482. The Balaban J connectivity index is 1.50. The quantitative estimate of drug-likeness (QED) is 0.0887. The van der Waals surface area contributed by atoms with Crippen LogP contribution in [0.5, 0.6) is 0 Å². The van der Waals surface area contributed by atoms with Gasteiger partial charge in [-0.25, -0.2) is 4.79 Å². The maximum absolute atomic E-state index is 15.4.